The fourth-order valence-electron chi connectivity index (χ4n) is 2.65. The molecule has 0 aromatic heterocycles. The first-order valence-corrected chi connectivity index (χ1v) is 8.22. The Labute approximate surface area is 133 Å². The van der Waals surface area contributed by atoms with Crippen molar-refractivity contribution in [3.63, 3.8) is 0 Å². The molecule has 1 fully saturated rings. The fourth-order valence-corrected chi connectivity index (χ4v) is 2.65. The van der Waals surface area contributed by atoms with Crippen molar-refractivity contribution >= 4 is 5.91 Å². The van der Waals surface area contributed by atoms with Crippen molar-refractivity contribution in [2.24, 2.45) is 5.92 Å². The van der Waals surface area contributed by atoms with Crippen molar-refractivity contribution in [3.05, 3.63) is 29.8 Å². The zero-order valence-corrected chi connectivity index (χ0v) is 13.7. The molecule has 1 atom stereocenters. The average molecular weight is 305 g/mol. The van der Waals surface area contributed by atoms with Gasteiger partial charge in [-0.3, -0.25) is 4.79 Å². The maximum Gasteiger partial charge on any atom is 0.222 e. The van der Waals surface area contributed by atoms with Crippen molar-refractivity contribution in [1.82, 2.24) is 4.90 Å². The summed E-state index contributed by atoms with van der Waals surface area (Å²) in [5.74, 6) is 1.44. The van der Waals surface area contributed by atoms with Crippen molar-refractivity contribution in [2.75, 3.05) is 33.4 Å². The number of carbonyl (C=O) groups excluding carboxylic acids is 1. The SMILES string of the molecule is CCc1cccc(OCCN(C)C(=O)C[C@@H]2CCCOC2)c1. The first kappa shape index (κ1) is 16.8. The van der Waals surface area contributed by atoms with Crippen molar-refractivity contribution < 1.29 is 14.3 Å². The topological polar surface area (TPSA) is 38.8 Å². The molecule has 22 heavy (non-hydrogen) atoms. The normalized spacial score (nSPS) is 18.0. The van der Waals surface area contributed by atoms with Crippen LogP contribution in [0, 0.1) is 5.92 Å². The van der Waals surface area contributed by atoms with Crippen LogP contribution in [-0.4, -0.2) is 44.2 Å². The van der Waals surface area contributed by atoms with Gasteiger partial charge in [-0.25, -0.2) is 0 Å². The number of rotatable bonds is 7. The fraction of sp³-hybridized carbons (Fsp3) is 0.611. The Balaban J connectivity index is 1.69. The Kier molecular flexibility index (Phi) is 6.72. The maximum atomic E-state index is 12.2. The van der Waals surface area contributed by atoms with Crippen LogP contribution in [0.1, 0.15) is 31.7 Å². The number of amides is 1. The lowest BCUT2D eigenvalue weighted by Crippen LogP contribution is -2.33. The molecule has 0 aliphatic carbocycles. The molecule has 1 aromatic carbocycles. The van der Waals surface area contributed by atoms with Crippen LogP contribution in [0.3, 0.4) is 0 Å². The zero-order chi connectivity index (χ0) is 15.8. The molecule has 1 amide bonds. The molecule has 2 rings (SSSR count). The highest BCUT2D eigenvalue weighted by atomic mass is 16.5. The van der Waals surface area contributed by atoms with E-state index in [1.807, 2.05) is 19.2 Å². The molecule has 1 saturated heterocycles. The van der Waals surface area contributed by atoms with Gasteiger partial charge in [0.25, 0.3) is 0 Å². The van der Waals surface area contributed by atoms with Crippen molar-refractivity contribution in [2.45, 2.75) is 32.6 Å². The van der Waals surface area contributed by atoms with Crippen LogP contribution >= 0.6 is 0 Å². The van der Waals surface area contributed by atoms with E-state index in [0.29, 0.717) is 25.5 Å². The first-order chi connectivity index (χ1) is 10.7. The van der Waals surface area contributed by atoms with Crippen LogP contribution in [0.25, 0.3) is 0 Å². The van der Waals surface area contributed by atoms with Gasteiger partial charge < -0.3 is 14.4 Å². The van der Waals surface area contributed by atoms with Gasteiger partial charge in [-0.15, -0.1) is 0 Å². The molecule has 0 spiro atoms. The lowest BCUT2D eigenvalue weighted by Gasteiger charge is -2.24. The van der Waals surface area contributed by atoms with Gasteiger partial charge in [0.1, 0.15) is 12.4 Å². The van der Waals surface area contributed by atoms with Crippen LogP contribution in [0.4, 0.5) is 0 Å². The van der Waals surface area contributed by atoms with Crippen LogP contribution in [0.15, 0.2) is 24.3 Å². The molecule has 0 bridgehead atoms. The number of carbonyl (C=O) groups is 1. The van der Waals surface area contributed by atoms with Crippen molar-refractivity contribution in [3.8, 4) is 5.75 Å². The summed E-state index contributed by atoms with van der Waals surface area (Å²) in [7, 11) is 1.85. The molecule has 1 aromatic rings. The Morgan fingerprint density at radius 2 is 2.32 bits per heavy atom. The number of ether oxygens (including phenoxy) is 2. The van der Waals surface area contributed by atoms with E-state index in [1.165, 1.54) is 5.56 Å². The largest absolute Gasteiger partial charge is 0.492 e. The van der Waals surface area contributed by atoms with Gasteiger partial charge in [0.15, 0.2) is 0 Å². The molecule has 4 nitrogen and oxygen atoms in total. The summed E-state index contributed by atoms with van der Waals surface area (Å²) < 4.78 is 11.2. The summed E-state index contributed by atoms with van der Waals surface area (Å²) in [5, 5.41) is 0. The van der Waals surface area contributed by atoms with E-state index in [1.54, 1.807) is 4.90 Å². The molecule has 0 unspecified atom stereocenters. The molecular formula is C18H27NO3. The highest BCUT2D eigenvalue weighted by molar-refractivity contribution is 5.76. The average Bonchev–Trinajstić information content (AvgIpc) is 2.56. The smallest absolute Gasteiger partial charge is 0.222 e. The zero-order valence-electron chi connectivity index (χ0n) is 13.7. The van der Waals surface area contributed by atoms with E-state index in [2.05, 4.69) is 19.1 Å². The maximum absolute atomic E-state index is 12.2. The molecule has 122 valence electrons. The Morgan fingerprint density at radius 3 is 3.05 bits per heavy atom. The number of aryl methyl sites for hydroxylation is 1. The molecule has 4 heteroatoms. The van der Waals surface area contributed by atoms with Crippen LogP contribution in [0.5, 0.6) is 5.75 Å². The summed E-state index contributed by atoms with van der Waals surface area (Å²) in [4.78, 5) is 13.9. The monoisotopic (exact) mass is 305 g/mol. The van der Waals surface area contributed by atoms with Gasteiger partial charge in [0.2, 0.25) is 5.91 Å². The van der Waals surface area contributed by atoms with Gasteiger partial charge in [0.05, 0.1) is 6.54 Å². The van der Waals surface area contributed by atoms with Gasteiger partial charge in [-0.1, -0.05) is 19.1 Å². The highest BCUT2D eigenvalue weighted by Gasteiger charge is 2.19. The number of likely N-dealkylation sites (N-methyl/N-ethyl adjacent to an activating group) is 1. The van der Waals surface area contributed by atoms with Crippen LogP contribution in [0.2, 0.25) is 0 Å². The van der Waals surface area contributed by atoms with Gasteiger partial charge >= 0.3 is 0 Å². The van der Waals surface area contributed by atoms with E-state index < -0.39 is 0 Å². The summed E-state index contributed by atoms with van der Waals surface area (Å²) in [6.45, 7) is 4.82. The number of hydrogen-bond donors (Lipinski definition) is 0. The Hall–Kier alpha value is -1.55. The molecule has 1 aliphatic heterocycles. The highest BCUT2D eigenvalue weighted by Crippen LogP contribution is 2.18. The third-order valence-corrected chi connectivity index (χ3v) is 4.15. The lowest BCUT2D eigenvalue weighted by atomic mass is 9.98. The molecule has 0 radical (unpaired) electrons. The molecule has 1 aliphatic rings. The van der Waals surface area contributed by atoms with Gasteiger partial charge in [-0.05, 0) is 42.9 Å². The molecule has 1 heterocycles. The predicted molar refractivity (Wildman–Crippen MR) is 87.1 cm³/mol. The third kappa shape index (κ3) is 5.34. The summed E-state index contributed by atoms with van der Waals surface area (Å²) >= 11 is 0. The van der Waals surface area contributed by atoms with E-state index in [4.69, 9.17) is 9.47 Å². The number of hydrogen-bond acceptors (Lipinski definition) is 3. The second kappa shape index (κ2) is 8.79. The van der Waals surface area contributed by atoms with Crippen LogP contribution in [-0.2, 0) is 16.0 Å². The van der Waals surface area contributed by atoms with Crippen LogP contribution < -0.4 is 4.74 Å². The second-order valence-corrected chi connectivity index (χ2v) is 5.95. The van der Waals surface area contributed by atoms with Gasteiger partial charge in [-0.2, -0.15) is 0 Å². The lowest BCUT2D eigenvalue weighted by molar-refractivity contribution is -0.132. The summed E-state index contributed by atoms with van der Waals surface area (Å²) in [6, 6.07) is 8.11. The Bertz CT molecular complexity index is 469. The van der Waals surface area contributed by atoms with E-state index in [-0.39, 0.29) is 5.91 Å². The second-order valence-electron chi connectivity index (χ2n) is 5.95. The quantitative estimate of drug-likeness (QED) is 0.777. The minimum absolute atomic E-state index is 0.182. The molecular weight excluding hydrogens is 278 g/mol. The number of benzene rings is 1. The predicted octanol–water partition coefficient (Wildman–Crippen LogP) is 2.90. The summed E-state index contributed by atoms with van der Waals surface area (Å²) in [6.07, 6.45) is 3.75. The van der Waals surface area contributed by atoms with Gasteiger partial charge in [0, 0.05) is 26.7 Å². The minimum atomic E-state index is 0.182. The Morgan fingerprint density at radius 1 is 1.45 bits per heavy atom. The minimum Gasteiger partial charge on any atom is -0.492 e. The standard InChI is InChI=1S/C18H27NO3/c1-3-15-6-4-8-17(12-15)22-11-9-19(2)18(20)13-16-7-5-10-21-14-16/h4,6,8,12,16H,3,5,7,9-11,13-14H2,1-2H3/t16-/m0/s1. The first-order valence-electron chi connectivity index (χ1n) is 8.22. The van der Waals surface area contributed by atoms with E-state index in [9.17, 15) is 4.79 Å². The molecule has 0 N–H and O–H groups in total. The summed E-state index contributed by atoms with van der Waals surface area (Å²) in [5.41, 5.74) is 1.26. The molecule has 0 saturated carbocycles. The third-order valence-electron chi connectivity index (χ3n) is 4.15. The van der Waals surface area contributed by atoms with E-state index >= 15 is 0 Å². The van der Waals surface area contributed by atoms with E-state index in [0.717, 1.165) is 38.2 Å². The number of nitrogens with zero attached hydrogens (tertiary/aromatic N) is 1. The van der Waals surface area contributed by atoms with Crippen molar-refractivity contribution in [1.29, 1.82) is 0 Å².